The molecule has 0 radical (unpaired) electrons. The summed E-state index contributed by atoms with van der Waals surface area (Å²) in [5.74, 6) is -0.862. The molecule has 2 amide bonds. The number of amides is 2. The van der Waals surface area contributed by atoms with E-state index in [9.17, 15) is 14.4 Å². The molecular formula is C21H28N4O7. The number of rotatable bonds is 7. The van der Waals surface area contributed by atoms with Gasteiger partial charge in [-0.2, -0.15) is 0 Å². The van der Waals surface area contributed by atoms with Crippen molar-refractivity contribution in [3.8, 4) is 17.2 Å². The monoisotopic (exact) mass is 448 g/mol. The van der Waals surface area contributed by atoms with Gasteiger partial charge in [0.15, 0.2) is 17.4 Å². The predicted octanol–water partition coefficient (Wildman–Crippen LogP) is 0.193. The van der Waals surface area contributed by atoms with Gasteiger partial charge in [0.2, 0.25) is 24.0 Å². The lowest BCUT2D eigenvalue weighted by Crippen LogP contribution is -2.57. The third-order valence-corrected chi connectivity index (χ3v) is 5.43. The molecule has 1 aromatic carbocycles. The number of nitrogens with zero attached hydrogens (tertiary/aromatic N) is 3. The largest absolute Gasteiger partial charge is 0.493 e. The quantitative estimate of drug-likeness (QED) is 0.357. The lowest BCUT2D eigenvalue weighted by molar-refractivity contribution is -0.153. The van der Waals surface area contributed by atoms with Crippen LogP contribution in [0.4, 0.5) is 0 Å². The highest BCUT2D eigenvalue weighted by atomic mass is 16.5. The number of nitrogens with one attached hydrogen (secondary N) is 1. The molecule has 3 rings (SSSR count). The van der Waals surface area contributed by atoms with Crippen molar-refractivity contribution in [1.29, 1.82) is 0 Å². The Bertz CT molecular complexity index is 871. The first-order valence-corrected chi connectivity index (χ1v) is 10.3. The molecule has 0 bridgehead atoms. The molecular weight excluding hydrogens is 420 g/mol. The molecule has 2 aliphatic heterocycles. The second kappa shape index (κ2) is 10.2. The first kappa shape index (κ1) is 23.2. The molecule has 0 unspecified atom stereocenters. The number of ether oxygens (including phenoxy) is 4. The molecule has 11 heteroatoms. The van der Waals surface area contributed by atoms with Gasteiger partial charge in [-0.15, -0.1) is 0 Å². The maximum absolute atomic E-state index is 13.0. The first-order valence-electron chi connectivity index (χ1n) is 10.3. The molecule has 1 aromatic rings. The summed E-state index contributed by atoms with van der Waals surface area (Å²) in [7, 11) is 4.46. The fourth-order valence-corrected chi connectivity index (χ4v) is 3.78. The van der Waals surface area contributed by atoms with E-state index in [2.05, 4.69) is 5.32 Å². The Morgan fingerprint density at radius 2 is 1.75 bits per heavy atom. The highest BCUT2D eigenvalue weighted by molar-refractivity contribution is 6.08. The predicted molar refractivity (Wildman–Crippen MR) is 114 cm³/mol. The van der Waals surface area contributed by atoms with Gasteiger partial charge < -0.3 is 28.7 Å². The summed E-state index contributed by atoms with van der Waals surface area (Å²) in [6, 6.07) is 2.47. The van der Waals surface area contributed by atoms with E-state index in [1.54, 1.807) is 24.0 Å². The summed E-state index contributed by atoms with van der Waals surface area (Å²) in [6.45, 7) is 3.83. The molecule has 32 heavy (non-hydrogen) atoms. The van der Waals surface area contributed by atoms with Gasteiger partial charge in [-0.1, -0.05) is 0 Å². The molecule has 1 N–H and O–H groups in total. The van der Waals surface area contributed by atoms with Crippen LogP contribution in [0.15, 0.2) is 17.1 Å². The maximum atomic E-state index is 13.0. The van der Waals surface area contributed by atoms with Crippen molar-refractivity contribution in [3.05, 3.63) is 17.7 Å². The van der Waals surface area contributed by atoms with Crippen LogP contribution in [0.2, 0.25) is 0 Å². The minimum Gasteiger partial charge on any atom is -0.493 e. The van der Waals surface area contributed by atoms with E-state index in [0.717, 1.165) is 6.41 Å². The lowest BCUT2D eigenvalue weighted by atomic mass is 9.90. The summed E-state index contributed by atoms with van der Waals surface area (Å²) in [5.41, 5.74) is 0.538. The molecule has 0 aromatic heterocycles. The number of guanidine groups is 1. The summed E-state index contributed by atoms with van der Waals surface area (Å²) < 4.78 is 21.4. The first-order chi connectivity index (χ1) is 15.5. The van der Waals surface area contributed by atoms with E-state index in [1.807, 2.05) is 4.90 Å². The Morgan fingerprint density at radius 1 is 1.12 bits per heavy atom. The molecule has 0 saturated carbocycles. The van der Waals surface area contributed by atoms with E-state index >= 15 is 0 Å². The molecule has 1 saturated heterocycles. The van der Waals surface area contributed by atoms with Gasteiger partial charge in [0.25, 0.3) is 0 Å². The number of esters is 1. The number of carbonyl (C=O) groups excluding carboxylic acids is 3. The third kappa shape index (κ3) is 4.56. The number of aliphatic imine (C=N–C) groups is 1. The van der Waals surface area contributed by atoms with Gasteiger partial charge in [-0.3, -0.25) is 19.7 Å². The van der Waals surface area contributed by atoms with Crippen LogP contribution in [0.3, 0.4) is 0 Å². The molecule has 11 nitrogen and oxygen atoms in total. The van der Waals surface area contributed by atoms with Crippen molar-refractivity contribution in [3.63, 3.8) is 0 Å². The van der Waals surface area contributed by atoms with Crippen LogP contribution >= 0.6 is 0 Å². The van der Waals surface area contributed by atoms with Gasteiger partial charge in [-0.05, 0) is 24.6 Å². The zero-order valence-electron chi connectivity index (χ0n) is 18.6. The molecule has 1 fully saturated rings. The number of methoxy groups -OCH3 is 3. The van der Waals surface area contributed by atoms with Gasteiger partial charge >= 0.3 is 5.97 Å². The van der Waals surface area contributed by atoms with Crippen molar-refractivity contribution in [2.45, 2.75) is 13.0 Å². The molecule has 2 aliphatic rings. The van der Waals surface area contributed by atoms with Crippen LogP contribution in [0, 0.1) is 5.92 Å². The highest BCUT2D eigenvalue weighted by Gasteiger charge is 2.42. The molecule has 0 aliphatic carbocycles. The molecule has 0 spiro atoms. The second-order valence-corrected chi connectivity index (χ2v) is 7.20. The van der Waals surface area contributed by atoms with Crippen molar-refractivity contribution < 1.29 is 33.3 Å². The number of benzene rings is 1. The van der Waals surface area contributed by atoms with Crippen LogP contribution in [-0.2, 0) is 19.1 Å². The van der Waals surface area contributed by atoms with E-state index in [-0.39, 0.29) is 6.61 Å². The van der Waals surface area contributed by atoms with Crippen LogP contribution in [0.1, 0.15) is 18.5 Å². The van der Waals surface area contributed by atoms with E-state index in [0.29, 0.717) is 55.0 Å². The van der Waals surface area contributed by atoms with Crippen LogP contribution < -0.4 is 19.5 Å². The van der Waals surface area contributed by atoms with E-state index < -0.39 is 23.8 Å². The number of carbonyl (C=O) groups is 3. The molecule has 2 atom stereocenters. The van der Waals surface area contributed by atoms with Gasteiger partial charge in [0, 0.05) is 26.2 Å². The van der Waals surface area contributed by atoms with Gasteiger partial charge in [-0.25, -0.2) is 4.99 Å². The zero-order valence-corrected chi connectivity index (χ0v) is 18.6. The third-order valence-electron chi connectivity index (χ3n) is 5.43. The average Bonchev–Trinajstić information content (AvgIpc) is 2.82. The van der Waals surface area contributed by atoms with Crippen LogP contribution in [0.25, 0.3) is 0 Å². The fraction of sp³-hybridized carbons (Fsp3) is 0.524. The van der Waals surface area contributed by atoms with Crippen molar-refractivity contribution in [2.75, 3.05) is 54.1 Å². The standard InChI is InChI=1S/C21H28N4O7/c1-5-32-20(28)16-17(13-10-14(29-2)18(31-4)15(11-13)30-3)22-21(23-19(16)27)25-8-6-24(12-26)7-9-25/h10-12,16-17H,5-9H2,1-4H3,(H,22,23,27)/t16-,17+/m0/s1. The fourth-order valence-electron chi connectivity index (χ4n) is 3.78. The summed E-state index contributed by atoms with van der Waals surface area (Å²) in [4.78, 5) is 45.0. The Balaban J connectivity index is 2.05. The maximum Gasteiger partial charge on any atom is 0.321 e. The SMILES string of the molecule is CCOC(=O)[C@@H]1C(=O)NC(N2CCN(C=O)CC2)=N[C@@H]1c1cc(OC)c(OC)c(OC)c1. The van der Waals surface area contributed by atoms with Crippen LogP contribution in [-0.4, -0.2) is 88.2 Å². The van der Waals surface area contributed by atoms with Crippen molar-refractivity contribution >= 4 is 24.2 Å². The molecule has 2 heterocycles. The van der Waals surface area contributed by atoms with Crippen molar-refractivity contribution in [2.24, 2.45) is 10.9 Å². The smallest absolute Gasteiger partial charge is 0.321 e. The summed E-state index contributed by atoms with van der Waals surface area (Å²) >= 11 is 0. The Hall–Kier alpha value is -3.50. The van der Waals surface area contributed by atoms with Crippen LogP contribution in [0.5, 0.6) is 17.2 Å². The van der Waals surface area contributed by atoms with Crippen molar-refractivity contribution in [1.82, 2.24) is 15.1 Å². The number of piperazine rings is 1. The topological polar surface area (TPSA) is 119 Å². The lowest BCUT2D eigenvalue weighted by Gasteiger charge is -2.37. The summed E-state index contributed by atoms with van der Waals surface area (Å²) in [6.07, 6.45) is 0.800. The Kier molecular flexibility index (Phi) is 7.39. The molecule has 174 valence electrons. The highest BCUT2D eigenvalue weighted by Crippen LogP contribution is 2.42. The Morgan fingerprint density at radius 3 is 2.25 bits per heavy atom. The average molecular weight is 448 g/mol. The van der Waals surface area contributed by atoms with Gasteiger partial charge in [0.05, 0.1) is 27.9 Å². The summed E-state index contributed by atoms with van der Waals surface area (Å²) in [5, 5.41) is 2.73. The second-order valence-electron chi connectivity index (χ2n) is 7.20. The van der Waals surface area contributed by atoms with E-state index in [1.165, 1.54) is 21.3 Å². The zero-order chi connectivity index (χ0) is 23.3. The Labute approximate surface area is 186 Å². The number of hydrogen-bond acceptors (Lipinski definition) is 9. The van der Waals surface area contributed by atoms with E-state index in [4.69, 9.17) is 23.9 Å². The van der Waals surface area contributed by atoms with Gasteiger partial charge in [0.1, 0.15) is 6.04 Å². The minimum absolute atomic E-state index is 0.134. The number of hydrogen-bond donors (Lipinski definition) is 1. The minimum atomic E-state index is -1.18. The normalized spacial score (nSPS) is 20.8.